The van der Waals surface area contributed by atoms with Crippen molar-refractivity contribution < 1.29 is 22.7 Å². The number of anilines is 1. The number of sulfonamides is 1. The molecule has 2 atom stereocenters. The Bertz CT molecular complexity index is 1140. The number of piperidine rings is 1. The molecular weight excluding hydrogens is 449 g/mol. The minimum atomic E-state index is -3.69. The first kappa shape index (κ1) is 23.4. The third kappa shape index (κ3) is 5.08. The summed E-state index contributed by atoms with van der Waals surface area (Å²) in [6.45, 7) is 2.30. The Balaban J connectivity index is 1.40. The van der Waals surface area contributed by atoms with E-state index in [1.807, 2.05) is 6.07 Å². The molecule has 4 rings (SSSR count). The smallest absolute Gasteiger partial charge is 0.243 e. The number of benzene rings is 1. The Morgan fingerprint density at radius 3 is 2.58 bits per heavy atom. The Morgan fingerprint density at radius 2 is 1.97 bits per heavy atom. The number of hydrogen-bond donors (Lipinski definition) is 2. The molecule has 11 heteroatoms. The summed E-state index contributed by atoms with van der Waals surface area (Å²) < 4.78 is 46.0. The highest BCUT2D eigenvalue weighted by Crippen LogP contribution is 2.33. The fraction of sp³-hybridized carbons (Fsp3) is 0.500. The van der Waals surface area contributed by atoms with E-state index in [9.17, 15) is 23.2 Å². The second kappa shape index (κ2) is 9.21. The first-order chi connectivity index (χ1) is 15.7. The highest BCUT2D eigenvalue weighted by molar-refractivity contribution is 7.89. The van der Waals surface area contributed by atoms with E-state index in [0.29, 0.717) is 38.8 Å². The molecule has 0 spiro atoms. The Morgan fingerprint density at radius 1 is 1.27 bits per heavy atom. The number of aromatic nitrogens is 2. The molecule has 2 fully saturated rings. The van der Waals surface area contributed by atoms with E-state index in [0.717, 1.165) is 18.6 Å². The number of halogens is 1. The SMILES string of the molecule is C[C@@]1(O)CCC[C@@H]1Oc1nc(NC2CCN(S(=O)(=O)c3ccc(F)cc3)CC2)ncc1C#N. The summed E-state index contributed by atoms with van der Waals surface area (Å²) in [5.41, 5.74) is -0.794. The molecule has 1 aromatic carbocycles. The van der Waals surface area contributed by atoms with Crippen LogP contribution in [0, 0.1) is 17.1 Å². The van der Waals surface area contributed by atoms with Gasteiger partial charge in [-0.25, -0.2) is 17.8 Å². The van der Waals surface area contributed by atoms with Gasteiger partial charge in [0.05, 0.1) is 16.7 Å². The maximum atomic E-state index is 13.1. The molecule has 2 heterocycles. The molecule has 1 aromatic heterocycles. The lowest BCUT2D eigenvalue weighted by molar-refractivity contribution is -0.0271. The van der Waals surface area contributed by atoms with Crippen molar-refractivity contribution in [2.75, 3.05) is 18.4 Å². The van der Waals surface area contributed by atoms with E-state index < -0.39 is 27.5 Å². The van der Waals surface area contributed by atoms with Crippen molar-refractivity contribution in [3.05, 3.63) is 41.8 Å². The van der Waals surface area contributed by atoms with E-state index in [1.54, 1.807) is 6.92 Å². The molecule has 176 valence electrons. The number of rotatable bonds is 6. The van der Waals surface area contributed by atoms with E-state index in [4.69, 9.17) is 4.74 Å². The van der Waals surface area contributed by atoms with Crippen LogP contribution in [0.2, 0.25) is 0 Å². The zero-order valence-corrected chi connectivity index (χ0v) is 19.1. The summed E-state index contributed by atoms with van der Waals surface area (Å²) in [6.07, 6.45) is 4.10. The highest BCUT2D eigenvalue weighted by atomic mass is 32.2. The largest absolute Gasteiger partial charge is 0.470 e. The summed E-state index contributed by atoms with van der Waals surface area (Å²) >= 11 is 0. The Labute approximate surface area is 192 Å². The quantitative estimate of drug-likeness (QED) is 0.652. The molecule has 2 N–H and O–H groups in total. The molecule has 1 saturated heterocycles. The number of nitrogens with zero attached hydrogens (tertiary/aromatic N) is 4. The van der Waals surface area contributed by atoms with Gasteiger partial charge in [0.2, 0.25) is 21.9 Å². The van der Waals surface area contributed by atoms with E-state index >= 15 is 0 Å². The standard InChI is InChI=1S/C22H26FN5O4S/c1-22(29)10-2-3-19(22)32-20-15(13-24)14-25-21(27-20)26-17-8-11-28(12-9-17)33(30,31)18-6-4-16(23)5-7-18/h4-7,14,17,19,29H,2-3,8-12H2,1H3,(H,25,26,27)/t19-,22+/m0/s1. The van der Waals surface area contributed by atoms with Crippen LogP contribution in [0.3, 0.4) is 0 Å². The minimum Gasteiger partial charge on any atom is -0.470 e. The summed E-state index contributed by atoms with van der Waals surface area (Å²) in [5, 5.41) is 23.0. The van der Waals surface area contributed by atoms with Gasteiger partial charge in [-0.15, -0.1) is 0 Å². The first-order valence-electron chi connectivity index (χ1n) is 10.9. The van der Waals surface area contributed by atoms with Crippen molar-refractivity contribution >= 4 is 16.0 Å². The monoisotopic (exact) mass is 475 g/mol. The second-order valence-electron chi connectivity index (χ2n) is 8.66. The highest BCUT2D eigenvalue weighted by Gasteiger charge is 2.39. The van der Waals surface area contributed by atoms with Crippen LogP contribution in [0.1, 0.15) is 44.6 Å². The molecule has 2 aliphatic rings. The molecule has 9 nitrogen and oxygen atoms in total. The van der Waals surface area contributed by atoms with Crippen LogP contribution in [0.4, 0.5) is 10.3 Å². The molecule has 0 amide bonds. The van der Waals surface area contributed by atoms with E-state index in [-0.39, 0.29) is 28.3 Å². The summed E-state index contributed by atoms with van der Waals surface area (Å²) in [5.74, 6) is -0.0841. The van der Waals surface area contributed by atoms with Crippen LogP contribution in [0.5, 0.6) is 5.88 Å². The van der Waals surface area contributed by atoms with Crippen molar-refractivity contribution in [2.24, 2.45) is 0 Å². The average Bonchev–Trinajstić information content (AvgIpc) is 3.12. The molecular formula is C22H26FN5O4S. The Hall–Kier alpha value is -2.81. The summed E-state index contributed by atoms with van der Waals surface area (Å²) in [6, 6.07) is 6.74. The van der Waals surface area contributed by atoms with Crippen LogP contribution in [-0.4, -0.2) is 58.6 Å². The molecule has 1 aliphatic heterocycles. The van der Waals surface area contributed by atoms with Gasteiger partial charge in [0.15, 0.2) is 0 Å². The number of aliphatic hydroxyl groups is 1. The van der Waals surface area contributed by atoms with Crippen molar-refractivity contribution in [2.45, 2.75) is 61.7 Å². The fourth-order valence-corrected chi connectivity index (χ4v) is 5.69. The van der Waals surface area contributed by atoms with E-state index in [1.165, 1.54) is 22.6 Å². The van der Waals surface area contributed by atoms with Crippen molar-refractivity contribution in [3.63, 3.8) is 0 Å². The van der Waals surface area contributed by atoms with Crippen molar-refractivity contribution in [1.29, 1.82) is 5.26 Å². The number of nitrogens with one attached hydrogen (secondary N) is 1. The van der Waals surface area contributed by atoms with Gasteiger partial charge in [0.1, 0.15) is 23.6 Å². The average molecular weight is 476 g/mol. The topological polar surface area (TPSA) is 128 Å². The van der Waals surface area contributed by atoms with Gasteiger partial charge < -0.3 is 15.2 Å². The third-order valence-electron chi connectivity index (χ3n) is 6.21. The normalized spacial score (nSPS) is 24.4. The van der Waals surface area contributed by atoms with E-state index in [2.05, 4.69) is 15.3 Å². The Kier molecular flexibility index (Phi) is 6.52. The molecule has 33 heavy (non-hydrogen) atoms. The van der Waals surface area contributed by atoms with Crippen LogP contribution in [0.25, 0.3) is 0 Å². The van der Waals surface area contributed by atoms with Crippen LogP contribution < -0.4 is 10.1 Å². The predicted molar refractivity (Wildman–Crippen MR) is 117 cm³/mol. The van der Waals surface area contributed by atoms with Gasteiger partial charge in [-0.1, -0.05) is 0 Å². The number of ether oxygens (including phenoxy) is 1. The van der Waals surface area contributed by atoms with Crippen molar-refractivity contribution in [1.82, 2.24) is 14.3 Å². The van der Waals surface area contributed by atoms with Crippen LogP contribution in [-0.2, 0) is 10.0 Å². The molecule has 1 aliphatic carbocycles. The summed E-state index contributed by atoms with van der Waals surface area (Å²) in [4.78, 5) is 8.59. The minimum absolute atomic E-state index is 0.0651. The van der Waals surface area contributed by atoms with Gasteiger partial charge in [0.25, 0.3) is 0 Å². The molecule has 0 radical (unpaired) electrons. The predicted octanol–water partition coefficient (Wildman–Crippen LogP) is 2.43. The van der Waals surface area contributed by atoms with Gasteiger partial charge in [-0.2, -0.15) is 14.6 Å². The lowest BCUT2D eigenvalue weighted by atomic mass is 10.0. The number of hydrogen-bond acceptors (Lipinski definition) is 8. The van der Waals surface area contributed by atoms with Gasteiger partial charge in [0, 0.05) is 19.1 Å². The fourth-order valence-electron chi connectivity index (χ4n) is 4.22. The molecule has 1 saturated carbocycles. The maximum Gasteiger partial charge on any atom is 0.243 e. The lowest BCUT2D eigenvalue weighted by Crippen LogP contribution is -2.42. The van der Waals surface area contributed by atoms with Gasteiger partial charge >= 0.3 is 0 Å². The van der Waals surface area contributed by atoms with Crippen molar-refractivity contribution in [3.8, 4) is 11.9 Å². The second-order valence-corrected chi connectivity index (χ2v) is 10.6. The number of nitriles is 1. The third-order valence-corrected chi connectivity index (χ3v) is 8.12. The lowest BCUT2D eigenvalue weighted by Gasteiger charge is -2.31. The zero-order chi connectivity index (χ0) is 23.6. The summed E-state index contributed by atoms with van der Waals surface area (Å²) in [7, 11) is -3.69. The molecule has 2 aromatic rings. The molecule has 0 bridgehead atoms. The maximum absolute atomic E-state index is 13.1. The van der Waals surface area contributed by atoms with Gasteiger partial charge in [-0.3, -0.25) is 0 Å². The first-order valence-corrected chi connectivity index (χ1v) is 12.3. The molecule has 0 unspecified atom stereocenters. The van der Waals surface area contributed by atoms with Crippen LogP contribution in [0.15, 0.2) is 35.4 Å². The zero-order valence-electron chi connectivity index (χ0n) is 18.2. The van der Waals surface area contributed by atoms with Gasteiger partial charge in [-0.05, 0) is 63.3 Å². The van der Waals surface area contributed by atoms with Crippen LogP contribution >= 0.6 is 0 Å².